The molecule has 0 unspecified atom stereocenters. The molecule has 2 aromatic carbocycles. The number of hydrogen-bond acceptors (Lipinski definition) is 7. The van der Waals surface area contributed by atoms with E-state index in [1.807, 2.05) is 49.1 Å². The van der Waals surface area contributed by atoms with E-state index in [1.165, 1.54) is 14.1 Å². The first-order chi connectivity index (χ1) is 19.6. The van der Waals surface area contributed by atoms with E-state index in [-0.39, 0.29) is 18.2 Å². The predicted molar refractivity (Wildman–Crippen MR) is 157 cm³/mol. The van der Waals surface area contributed by atoms with Crippen LogP contribution in [0.3, 0.4) is 0 Å². The largest absolute Gasteiger partial charge is 0.447 e. The van der Waals surface area contributed by atoms with Crippen LogP contribution in [0.1, 0.15) is 41.3 Å². The number of carbonyl (C=O) groups is 1. The van der Waals surface area contributed by atoms with Gasteiger partial charge in [0.05, 0.1) is 11.7 Å². The van der Waals surface area contributed by atoms with Crippen LogP contribution in [-0.4, -0.2) is 73.4 Å². The first-order valence-electron chi connectivity index (χ1n) is 13.8. The van der Waals surface area contributed by atoms with Crippen LogP contribution < -0.4 is 9.46 Å². The zero-order valence-corrected chi connectivity index (χ0v) is 24.7. The summed E-state index contributed by atoms with van der Waals surface area (Å²) in [5.41, 5.74) is 4.37. The lowest BCUT2D eigenvalue weighted by Gasteiger charge is -2.38. The highest BCUT2D eigenvalue weighted by Gasteiger charge is 2.40. The van der Waals surface area contributed by atoms with Crippen LogP contribution in [0.2, 0.25) is 0 Å². The van der Waals surface area contributed by atoms with Crippen molar-refractivity contribution in [3.05, 3.63) is 83.0 Å². The average Bonchev–Trinajstić information content (AvgIpc) is 3.34. The molecule has 2 aliphatic rings. The molecule has 218 valence electrons. The van der Waals surface area contributed by atoms with Crippen LogP contribution in [0.5, 0.6) is 11.6 Å². The zero-order valence-electron chi connectivity index (χ0n) is 23.9. The minimum absolute atomic E-state index is 0.0263. The molecule has 0 radical (unpaired) electrons. The van der Waals surface area contributed by atoms with Crippen molar-refractivity contribution in [2.45, 2.75) is 45.3 Å². The van der Waals surface area contributed by atoms with E-state index < -0.39 is 10.2 Å². The summed E-state index contributed by atoms with van der Waals surface area (Å²) in [5, 5.41) is 0. The number of hydrogen-bond donors (Lipinski definition) is 1. The van der Waals surface area contributed by atoms with E-state index in [0.717, 1.165) is 59.2 Å². The van der Waals surface area contributed by atoms with E-state index in [4.69, 9.17) is 9.47 Å². The van der Waals surface area contributed by atoms with Gasteiger partial charge in [-0.1, -0.05) is 36.4 Å². The maximum Gasteiger partial charge on any atom is 0.410 e. The number of cyclic esters (lactones) is 1. The second kappa shape index (κ2) is 12.1. The topological polar surface area (TPSA) is 104 Å². The van der Waals surface area contributed by atoms with Gasteiger partial charge in [0.15, 0.2) is 0 Å². The third kappa shape index (κ3) is 6.64. The molecule has 2 fully saturated rings. The fraction of sp³-hybridized carbons (Fsp3) is 0.400. The van der Waals surface area contributed by atoms with Crippen LogP contribution in [0, 0.1) is 13.8 Å². The molecule has 0 aliphatic carbocycles. The van der Waals surface area contributed by atoms with Gasteiger partial charge < -0.3 is 9.47 Å². The van der Waals surface area contributed by atoms with Gasteiger partial charge in [-0.2, -0.15) is 12.7 Å². The van der Waals surface area contributed by atoms with E-state index in [0.29, 0.717) is 23.9 Å². The van der Waals surface area contributed by atoms with Gasteiger partial charge in [0.1, 0.15) is 12.4 Å². The molecule has 0 saturated carbocycles. The molecule has 41 heavy (non-hydrogen) atoms. The minimum atomic E-state index is -3.59. The van der Waals surface area contributed by atoms with Crippen molar-refractivity contribution in [3.8, 4) is 11.6 Å². The zero-order chi connectivity index (χ0) is 29.1. The summed E-state index contributed by atoms with van der Waals surface area (Å²) in [7, 11) is -0.640. The van der Waals surface area contributed by atoms with E-state index in [9.17, 15) is 13.2 Å². The van der Waals surface area contributed by atoms with Gasteiger partial charge >= 0.3 is 16.3 Å². The molecule has 5 rings (SSSR count). The van der Waals surface area contributed by atoms with Crippen LogP contribution in [0.15, 0.2) is 60.7 Å². The molecular formula is C30H37N5O5S. The van der Waals surface area contributed by atoms with Gasteiger partial charge in [-0.15, -0.1) is 0 Å². The van der Waals surface area contributed by atoms with Gasteiger partial charge in [-0.3, -0.25) is 14.5 Å². The smallest absolute Gasteiger partial charge is 0.410 e. The number of nitrogens with one attached hydrogen (secondary N) is 1. The lowest BCUT2D eigenvalue weighted by Crippen LogP contribution is -2.46. The van der Waals surface area contributed by atoms with Crippen molar-refractivity contribution in [2.24, 2.45) is 0 Å². The van der Waals surface area contributed by atoms with Gasteiger partial charge in [-0.25, -0.2) is 9.78 Å². The summed E-state index contributed by atoms with van der Waals surface area (Å²) in [6.45, 7) is 6.75. The first kappa shape index (κ1) is 28.8. The Morgan fingerprint density at radius 2 is 1.78 bits per heavy atom. The summed E-state index contributed by atoms with van der Waals surface area (Å²) in [6.07, 6.45) is 1.57. The van der Waals surface area contributed by atoms with Crippen molar-refractivity contribution in [1.29, 1.82) is 0 Å². The first-order valence-corrected chi connectivity index (χ1v) is 15.2. The summed E-state index contributed by atoms with van der Waals surface area (Å²) >= 11 is 0. The number of pyridine rings is 1. The molecule has 10 nitrogen and oxygen atoms in total. The van der Waals surface area contributed by atoms with Crippen LogP contribution >= 0.6 is 0 Å². The SMILES string of the molecule is Cc1cc(Oc2ccc(CN3CCC(N4C(=O)OC[C@H]4c4ccccc4)CC3)c(C)n2)ccc1NS(=O)(=O)N(C)C. The van der Waals surface area contributed by atoms with Gasteiger partial charge in [0.25, 0.3) is 0 Å². The summed E-state index contributed by atoms with van der Waals surface area (Å²) < 4.78 is 39.4. The molecule has 2 saturated heterocycles. The molecule has 11 heteroatoms. The second-order valence-corrected chi connectivity index (χ2v) is 12.7. The number of carbonyl (C=O) groups excluding carboxylic acids is 1. The van der Waals surface area contributed by atoms with Crippen LogP contribution in [0.4, 0.5) is 10.5 Å². The maximum absolute atomic E-state index is 12.6. The molecule has 0 bridgehead atoms. The number of benzene rings is 2. The van der Waals surface area contributed by atoms with Crippen molar-refractivity contribution < 1.29 is 22.7 Å². The van der Waals surface area contributed by atoms with E-state index >= 15 is 0 Å². The minimum Gasteiger partial charge on any atom is -0.447 e. The molecule has 1 aromatic heterocycles. The number of aromatic nitrogens is 1. The fourth-order valence-corrected chi connectivity index (χ4v) is 6.01. The fourth-order valence-electron chi connectivity index (χ4n) is 5.32. The van der Waals surface area contributed by atoms with Crippen LogP contribution in [-0.2, 0) is 21.5 Å². The molecule has 2 aliphatic heterocycles. The number of aryl methyl sites for hydroxylation is 2. The third-order valence-corrected chi connectivity index (χ3v) is 9.19. The number of piperidine rings is 1. The molecule has 3 heterocycles. The quantitative estimate of drug-likeness (QED) is 0.386. The Kier molecular flexibility index (Phi) is 8.48. The third-order valence-electron chi connectivity index (χ3n) is 7.75. The molecular weight excluding hydrogens is 542 g/mol. The van der Waals surface area contributed by atoms with Crippen molar-refractivity contribution in [3.63, 3.8) is 0 Å². The molecule has 0 spiro atoms. The molecule has 1 atom stereocenters. The number of likely N-dealkylation sites (tertiary alicyclic amines) is 1. The number of nitrogens with zero attached hydrogens (tertiary/aromatic N) is 4. The van der Waals surface area contributed by atoms with Gasteiger partial charge in [-0.05, 0) is 61.6 Å². The normalized spacial score (nSPS) is 18.5. The van der Waals surface area contributed by atoms with Gasteiger partial charge in [0.2, 0.25) is 5.88 Å². The highest BCUT2D eigenvalue weighted by Crippen LogP contribution is 2.33. The number of anilines is 1. The standard InChI is InChI=1S/C30H37N5O5S/c1-21-18-26(11-12-27(21)32-41(37,38)33(3)4)40-29-13-10-24(22(2)31-29)19-34-16-14-25(15-17-34)35-28(20-39-30(35)36)23-8-6-5-7-9-23/h5-13,18,25,28,32H,14-17,19-20H2,1-4H3/t28-/m0/s1. The predicted octanol–water partition coefficient (Wildman–Crippen LogP) is 4.87. The Balaban J connectivity index is 1.17. The van der Waals surface area contributed by atoms with Crippen LogP contribution in [0.25, 0.3) is 0 Å². The Labute approximate surface area is 242 Å². The highest BCUT2D eigenvalue weighted by molar-refractivity contribution is 7.90. The van der Waals surface area contributed by atoms with E-state index in [1.54, 1.807) is 18.2 Å². The summed E-state index contributed by atoms with van der Waals surface area (Å²) in [4.78, 5) is 21.6. The second-order valence-electron chi connectivity index (χ2n) is 10.8. The Morgan fingerprint density at radius 3 is 2.44 bits per heavy atom. The number of ether oxygens (including phenoxy) is 2. The van der Waals surface area contributed by atoms with Crippen molar-refractivity contribution >= 4 is 22.0 Å². The average molecular weight is 580 g/mol. The highest BCUT2D eigenvalue weighted by atomic mass is 32.2. The van der Waals surface area contributed by atoms with Crippen molar-refractivity contribution in [1.82, 2.24) is 19.1 Å². The summed E-state index contributed by atoms with van der Waals surface area (Å²) in [5.74, 6) is 1.05. The lowest BCUT2D eigenvalue weighted by molar-refractivity contribution is 0.104. The Bertz CT molecular complexity index is 1490. The van der Waals surface area contributed by atoms with Crippen molar-refractivity contribution in [2.75, 3.05) is 38.5 Å². The molecule has 1 amide bonds. The monoisotopic (exact) mass is 579 g/mol. The molecule has 1 N–H and O–H groups in total. The Morgan fingerprint density at radius 1 is 1.05 bits per heavy atom. The van der Waals surface area contributed by atoms with Gasteiger partial charge in [0, 0.05) is 51.5 Å². The summed E-state index contributed by atoms with van der Waals surface area (Å²) in [6, 6.07) is 19.3. The number of amides is 1. The number of rotatable bonds is 9. The van der Waals surface area contributed by atoms with E-state index in [2.05, 4.69) is 26.7 Å². The maximum atomic E-state index is 12.6. The lowest BCUT2D eigenvalue weighted by atomic mass is 9.98. The molecule has 3 aromatic rings. The Hall–Kier alpha value is -3.67.